The Bertz CT molecular complexity index is 1150. The van der Waals surface area contributed by atoms with E-state index in [4.69, 9.17) is 20.4 Å². The zero-order valence-electron chi connectivity index (χ0n) is 17.2. The van der Waals surface area contributed by atoms with Gasteiger partial charge in [0.2, 0.25) is 5.95 Å². The zero-order valence-corrected chi connectivity index (χ0v) is 17.2. The molecule has 2 aromatic carbocycles. The highest BCUT2D eigenvalue weighted by molar-refractivity contribution is 5.93. The Labute approximate surface area is 183 Å². The van der Waals surface area contributed by atoms with Crippen LogP contribution in [0, 0.1) is 0 Å². The number of carboxylic acids is 1. The summed E-state index contributed by atoms with van der Waals surface area (Å²) in [4.78, 5) is 17.2. The van der Waals surface area contributed by atoms with E-state index < -0.39 is 23.9 Å². The van der Waals surface area contributed by atoms with E-state index in [1.54, 1.807) is 32.2 Å². The molecule has 1 aromatic heterocycles. The molecule has 0 aliphatic heterocycles. The molecule has 0 aliphatic rings. The minimum absolute atomic E-state index is 0.108. The van der Waals surface area contributed by atoms with Gasteiger partial charge in [0.05, 0.1) is 17.7 Å². The molecule has 7 nitrogen and oxygen atoms in total. The van der Waals surface area contributed by atoms with Crippen molar-refractivity contribution in [3.05, 3.63) is 42.0 Å². The lowest BCUT2D eigenvalue weighted by molar-refractivity contribution is -0.192. The summed E-state index contributed by atoms with van der Waals surface area (Å²) in [6.07, 6.45) is -9.52. The van der Waals surface area contributed by atoms with Crippen LogP contribution in [0.5, 0.6) is 5.75 Å². The van der Waals surface area contributed by atoms with Gasteiger partial charge in [-0.15, -0.1) is 0 Å². The molecule has 0 radical (unpaired) electrons. The van der Waals surface area contributed by atoms with Crippen molar-refractivity contribution in [2.75, 3.05) is 24.7 Å². The number of alkyl halides is 6. The molecule has 1 heterocycles. The van der Waals surface area contributed by atoms with Gasteiger partial charge in [0.15, 0.2) is 0 Å². The number of hydrogen-bond donors (Lipinski definition) is 3. The second-order valence-electron chi connectivity index (χ2n) is 6.36. The maximum absolute atomic E-state index is 13.0. The third-order valence-electron chi connectivity index (χ3n) is 4.11. The van der Waals surface area contributed by atoms with Crippen LogP contribution >= 0.6 is 0 Å². The molecular formula is C20H18F6N4O3. The number of nitrogens with one attached hydrogen (secondary N) is 1. The molecule has 0 atom stereocenters. The Balaban J connectivity index is 0.000000479. The van der Waals surface area contributed by atoms with Crippen LogP contribution in [0.4, 0.5) is 38.1 Å². The number of aliphatic carboxylic acids is 1. The lowest BCUT2D eigenvalue weighted by Gasteiger charge is -2.15. The number of benzene rings is 2. The van der Waals surface area contributed by atoms with Crippen molar-refractivity contribution in [3.8, 4) is 16.9 Å². The quantitative estimate of drug-likeness (QED) is 0.456. The molecule has 0 spiro atoms. The second-order valence-corrected chi connectivity index (χ2v) is 6.36. The summed E-state index contributed by atoms with van der Waals surface area (Å²) in [7, 11) is 1.72. The molecule has 33 heavy (non-hydrogen) atoms. The summed E-state index contributed by atoms with van der Waals surface area (Å²) in [5, 5.41) is 10.8. The van der Waals surface area contributed by atoms with Crippen LogP contribution in [-0.2, 0) is 11.0 Å². The molecule has 0 saturated heterocycles. The number of aromatic nitrogens is 2. The van der Waals surface area contributed by atoms with E-state index >= 15 is 0 Å². The normalized spacial score (nSPS) is 11.5. The van der Waals surface area contributed by atoms with Gasteiger partial charge in [0, 0.05) is 18.0 Å². The minimum atomic E-state index is -5.08. The first kappa shape index (κ1) is 25.5. The van der Waals surface area contributed by atoms with Gasteiger partial charge in [-0.25, -0.2) is 9.78 Å². The first-order valence-electron chi connectivity index (χ1n) is 9.17. The number of carbonyl (C=O) groups is 1. The van der Waals surface area contributed by atoms with E-state index in [1.165, 1.54) is 6.07 Å². The van der Waals surface area contributed by atoms with Crippen LogP contribution in [0.2, 0.25) is 0 Å². The molecule has 3 rings (SSSR count). The molecule has 3 aromatic rings. The number of rotatable bonds is 4. The predicted octanol–water partition coefficient (Wildman–Crippen LogP) is 4.97. The van der Waals surface area contributed by atoms with Gasteiger partial charge in [-0.3, -0.25) is 0 Å². The van der Waals surface area contributed by atoms with Gasteiger partial charge in [-0.1, -0.05) is 12.1 Å². The molecule has 178 valence electrons. The molecular weight excluding hydrogens is 458 g/mol. The Hall–Kier alpha value is -3.77. The van der Waals surface area contributed by atoms with Crippen molar-refractivity contribution in [1.82, 2.24) is 9.97 Å². The van der Waals surface area contributed by atoms with Crippen LogP contribution in [0.1, 0.15) is 12.5 Å². The van der Waals surface area contributed by atoms with E-state index in [0.29, 0.717) is 22.5 Å². The second kappa shape index (κ2) is 9.79. The molecule has 0 aliphatic carbocycles. The monoisotopic (exact) mass is 476 g/mol. The Kier molecular flexibility index (Phi) is 7.57. The van der Waals surface area contributed by atoms with E-state index in [2.05, 4.69) is 15.3 Å². The van der Waals surface area contributed by atoms with Gasteiger partial charge in [0.25, 0.3) is 0 Å². The molecule has 0 unspecified atom stereocenters. The molecule has 0 fully saturated rings. The maximum atomic E-state index is 13.0. The molecule has 13 heteroatoms. The molecule has 4 N–H and O–H groups in total. The number of anilines is 2. The maximum Gasteiger partial charge on any atom is 0.490 e. The first-order valence-corrected chi connectivity index (χ1v) is 9.17. The number of hydrogen-bond acceptors (Lipinski definition) is 6. The summed E-state index contributed by atoms with van der Waals surface area (Å²) in [5.74, 6) is -1.90. The highest BCUT2D eigenvalue weighted by Crippen LogP contribution is 2.38. The van der Waals surface area contributed by atoms with E-state index in [0.717, 1.165) is 17.5 Å². The average Bonchev–Trinajstić information content (AvgIpc) is 2.72. The van der Waals surface area contributed by atoms with Crippen molar-refractivity contribution in [2.24, 2.45) is 0 Å². The van der Waals surface area contributed by atoms with Gasteiger partial charge in [-0.05, 0) is 36.8 Å². The van der Waals surface area contributed by atoms with Crippen molar-refractivity contribution in [3.63, 3.8) is 0 Å². The van der Waals surface area contributed by atoms with Crippen LogP contribution in [0.15, 0.2) is 36.4 Å². The number of carboxylic acid groups (broad SMARTS) is 1. The summed E-state index contributed by atoms with van der Waals surface area (Å²) in [5.41, 5.74) is 6.77. The minimum Gasteiger partial charge on any atom is -0.493 e. The van der Waals surface area contributed by atoms with Gasteiger partial charge < -0.3 is 20.9 Å². The SMILES string of the molecule is CCOc1cc(C(F)(F)F)ccc1-c1ccc2c(NC)nc(N)nc2c1.O=C(O)C(F)(F)F. The third-order valence-corrected chi connectivity index (χ3v) is 4.11. The number of fused-ring (bicyclic) bond motifs is 1. The fraction of sp³-hybridized carbons (Fsp3) is 0.250. The Morgan fingerprint density at radius 3 is 2.24 bits per heavy atom. The van der Waals surface area contributed by atoms with Gasteiger partial charge >= 0.3 is 18.3 Å². The standard InChI is InChI=1S/C18H17F3N4O.C2HF3O2/c1-3-26-15-9-11(18(19,20)21)5-7-12(15)10-4-6-13-14(8-10)24-17(22)25-16(13)23-2;3-2(4,5)1(6)7/h4-9H,3H2,1-2H3,(H3,22,23,24,25);(H,6,7). The summed E-state index contributed by atoms with van der Waals surface area (Å²) >= 11 is 0. The lowest BCUT2D eigenvalue weighted by Crippen LogP contribution is -2.21. The lowest BCUT2D eigenvalue weighted by atomic mass is 10.0. The number of nitrogens with two attached hydrogens (primary N) is 1. The van der Waals surface area contributed by atoms with Crippen LogP contribution < -0.4 is 15.8 Å². The summed E-state index contributed by atoms with van der Waals surface area (Å²) in [6.45, 7) is 1.97. The number of nitrogens with zero attached hydrogens (tertiary/aromatic N) is 2. The Morgan fingerprint density at radius 2 is 1.73 bits per heavy atom. The van der Waals surface area contributed by atoms with E-state index in [-0.39, 0.29) is 18.3 Å². The van der Waals surface area contributed by atoms with Crippen molar-refractivity contribution in [2.45, 2.75) is 19.3 Å². The number of ether oxygens (including phenoxy) is 1. The molecule has 0 amide bonds. The topological polar surface area (TPSA) is 110 Å². The predicted molar refractivity (Wildman–Crippen MR) is 109 cm³/mol. The average molecular weight is 476 g/mol. The largest absolute Gasteiger partial charge is 0.493 e. The van der Waals surface area contributed by atoms with Crippen molar-refractivity contribution >= 4 is 28.6 Å². The van der Waals surface area contributed by atoms with Crippen LogP contribution in [0.25, 0.3) is 22.0 Å². The van der Waals surface area contributed by atoms with Gasteiger partial charge in [-0.2, -0.15) is 31.3 Å². The van der Waals surface area contributed by atoms with Gasteiger partial charge in [0.1, 0.15) is 11.6 Å². The molecule has 0 saturated carbocycles. The fourth-order valence-corrected chi connectivity index (χ4v) is 2.72. The van der Waals surface area contributed by atoms with E-state index in [1.807, 2.05) is 0 Å². The van der Waals surface area contributed by atoms with E-state index in [9.17, 15) is 26.3 Å². The highest BCUT2D eigenvalue weighted by atomic mass is 19.4. The fourth-order valence-electron chi connectivity index (χ4n) is 2.72. The first-order chi connectivity index (χ1) is 15.3. The number of nitrogen functional groups attached to an aromatic ring is 1. The molecule has 0 bridgehead atoms. The van der Waals surface area contributed by atoms with Crippen LogP contribution in [0.3, 0.4) is 0 Å². The van der Waals surface area contributed by atoms with Crippen molar-refractivity contribution in [1.29, 1.82) is 0 Å². The third kappa shape index (κ3) is 6.37. The van der Waals surface area contributed by atoms with Crippen LogP contribution in [-0.4, -0.2) is 40.9 Å². The Morgan fingerprint density at radius 1 is 1.09 bits per heavy atom. The zero-order chi connectivity index (χ0) is 25.0. The summed E-state index contributed by atoms with van der Waals surface area (Å²) < 4.78 is 76.1. The van der Waals surface area contributed by atoms with Crippen molar-refractivity contribution < 1.29 is 41.0 Å². The highest BCUT2D eigenvalue weighted by Gasteiger charge is 2.38. The smallest absolute Gasteiger partial charge is 0.490 e. The summed E-state index contributed by atoms with van der Waals surface area (Å²) in [6, 6.07) is 8.78. The number of halogens is 6.